The molecule has 1 saturated heterocycles. The minimum absolute atomic E-state index is 0. The van der Waals surface area contributed by atoms with Crippen LogP contribution in [0.3, 0.4) is 0 Å². The Morgan fingerprint density at radius 2 is 2.04 bits per heavy atom. The molecule has 3 rings (SSSR count). The topological polar surface area (TPSA) is 46.8 Å². The Morgan fingerprint density at radius 3 is 2.67 bits per heavy atom. The molecule has 2 heterocycles. The number of aromatic nitrogens is 1. The van der Waals surface area contributed by atoms with Crippen molar-refractivity contribution in [1.29, 1.82) is 0 Å². The van der Waals surface area contributed by atoms with Gasteiger partial charge in [0.15, 0.2) is 5.78 Å². The van der Waals surface area contributed by atoms with Crippen molar-refractivity contribution in [3.05, 3.63) is 44.7 Å². The summed E-state index contributed by atoms with van der Waals surface area (Å²) in [6, 6.07) is 7.40. The quantitative estimate of drug-likeness (QED) is 0.758. The van der Waals surface area contributed by atoms with Crippen LogP contribution in [0.25, 0.3) is 0 Å². The number of carbonyl (C=O) groups excluding carboxylic acids is 1. The first-order valence-electron chi connectivity index (χ1n) is 7.43. The molecule has 0 atom stereocenters. The van der Waals surface area contributed by atoms with Crippen molar-refractivity contribution in [2.75, 3.05) is 31.3 Å². The molecule has 1 aliphatic rings. The fourth-order valence-corrected chi connectivity index (χ4v) is 3.82. The number of benzene rings is 1. The van der Waals surface area contributed by atoms with Crippen LogP contribution in [0.4, 0.5) is 5.69 Å². The van der Waals surface area contributed by atoms with Crippen molar-refractivity contribution in [3.63, 3.8) is 0 Å². The van der Waals surface area contributed by atoms with Crippen molar-refractivity contribution < 1.29 is 9.53 Å². The number of carbonyl (C=O) groups is 1. The van der Waals surface area contributed by atoms with Crippen molar-refractivity contribution in [2.24, 2.45) is 4.99 Å². The molecule has 24 heavy (non-hydrogen) atoms. The van der Waals surface area contributed by atoms with Gasteiger partial charge in [-0.2, -0.15) is 0 Å². The molecule has 0 aliphatic carbocycles. The van der Waals surface area contributed by atoms with E-state index in [1.807, 2.05) is 35.9 Å². The van der Waals surface area contributed by atoms with Crippen LogP contribution in [0.2, 0.25) is 5.02 Å². The van der Waals surface area contributed by atoms with Gasteiger partial charge in [0.05, 0.1) is 42.6 Å². The number of Topliss-reactive ketones (excluding diaryl/α,β-unsaturated/α-hetero) is 1. The van der Waals surface area contributed by atoms with Gasteiger partial charge < -0.3 is 9.75 Å². The van der Waals surface area contributed by atoms with Gasteiger partial charge in [0.1, 0.15) is 0 Å². The molecule has 0 unspecified atom stereocenters. The number of hydrogen-bond acceptors (Lipinski definition) is 5. The summed E-state index contributed by atoms with van der Waals surface area (Å²) in [6.07, 6.45) is 0. The van der Waals surface area contributed by atoms with Crippen molar-refractivity contribution >= 4 is 46.8 Å². The number of hydrogen-bond donors (Lipinski definition) is 0. The molecule has 1 aromatic heterocycles. The summed E-state index contributed by atoms with van der Waals surface area (Å²) in [5.74, 6) is 0.0575. The average Bonchev–Trinajstić information content (AvgIpc) is 2.85. The Kier molecular flexibility index (Phi) is 6.46. The lowest BCUT2D eigenvalue weighted by Crippen LogP contribution is -2.48. The van der Waals surface area contributed by atoms with Gasteiger partial charge in [-0.15, -0.1) is 12.4 Å². The van der Waals surface area contributed by atoms with E-state index in [2.05, 4.69) is 5.01 Å². The second-order valence-corrected chi connectivity index (χ2v) is 6.74. The van der Waals surface area contributed by atoms with Crippen molar-refractivity contribution in [2.45, 2.75) is 13.8 Å². The first-order chi connectivity index (χ1) is 11.1. The molecule has 2 aromatic rings. The van der Waals surface area contributed by atoms with E-state index in [9.17, 15) is 4.79 Å². The molecule has 5 nitrogen and oxygen atoms in total. The second kappa shape index (κ2) is 8.16. The largest absolute Gasteiger partial charge is 0.378 e. The Morgan fingerprint density at radius 1 is 1.33 bits per heavy atom. The van der Waals surface area contributed by atoms with Crippen LogP contribution in [0.1, 0.15) is 22.3 Å². The van der Waals surface area contributed by atoms with Crippen LogP contribution in [-0.2, 0) is 4.74 Å². The molecular weight excluding hydrogens is 369 g/mol. The molecular formula is C16H19Cl2N3O2S. The molecule has 1 aliphatic heterocycles. The molecule has 1 fully saturated rings. The fraction of sp³-hybridized carbons (Fsp3) is 0.375. The number of ether oxygens (including phenoxy) is 1. The number of nitrogens with zero attached hydrogens (tertiary/aromatic N) is 3. The lowest BCUT2D eigenvalue weighted by Gasteiger charge is -2.30. The Labute approximate surface area is 155 Å². The maximum absolute atomic E-state index is 11.9. The number of thiazole rings is 1. The maximum atomic E-state index is 11.9. The highest BCUT2D eigenvalue weighted by molar-refractivity contribution is 7.11. The van der Waals surface area contributed by atoms with Crippen LogP contribution in [0, 0.1) is 6.92 Å². The van der Waals surface area contributed by atoms with E-state index in [1.165, 1.54) is 11.3 Å². The predicted molar refractivity (Wildman–Crippen MR) is 99.7 cm³/mol. The van der Waals surface area contributed by atoms with Gasteiger partial charge in [-0.25, -0.2) is 9.67 Å². The molecule has 0 amide bonds. The van der Waals surface area contributed by atoms with E-state index in [1.54, 1.807) is 6.92 Å². The van der Waals surface area contributed by atoms with E-state index in [0.29, 0.717) is 18.2 Å². The van der Waals surface area contributed by atoms with E-state index in [4.69, 9.17) is 21.3 Å². The number of rotatable bonds is 3. The van der Waals surface area contributed by atoms with E-state index < -0.39 is 0 Å². The SMILES string of the molecule is CC(=O)c1sc(=Nc2cccc(Cl)c2)n(N2CCOCC2)c1C.Cl. The first-order valence-corrected chi connectivity index (χ1v) is 8.62. The molecule has 0 N–H and O–H groups in total. The van der Waals surface area contributed by atoms with Gasteiger partial charge in [-0.3, -0.25) is 4.79 Å². The molecule has 0 saturated carbocycles. The summed E-state index contributed by atoms with van der Waals surface area (Å²) in [5.41, 5.74) is 1.70. The van der Waals surface area contributed by atoms with Crippen LogP contribution in [0.5, 0.6) is 0 Å². The molecule has 130 valence electrons. The first kappa shape index (κ1) is 19.0. The average molecular weight is 388 g/mol. The summed E-state index contributed by atoms with van der Waals surface area (Å²) >= 11 is 7.45. The van der Waals surface area contributed by atoms with Gasteiger partial charge >= 0.3 is 0 Å². The normalized spacial score (nSPS) is 15.3. The third-order valence-electron chi connectivity index (χ3n) is 3.64. The standard InChI is InChI=1S/C16H18ClN3O2S.ClH/c1-11-15(12(2)21)23-16(18-14-5-3-4-13(17)10-14)20(11)19-6-8-22-9-7-19;/h3-5,10H,6-9H2,1-2H3;1H. The Balaban J connectivity index is 0.00000208. The molecule has 0 spiro atoms. The Hall–Kier alpha value is -1.34. The van der Waals surface area contributed by atoms with Gasteiger partial charge in [0.2, 0.25) is 4.80 Å². The highest BCUT2D eigenvalue weighted by Gasteiger charge is 2.19. The predicted octanol–water partition coefficient (Wildman–Crippen LogP) is 3.34. The number of morpholine rings is 1. The number of halogens is 2. The summed E-state index contributed by atoms with van der Waals surface area (Å²) in [4.78, 5) is 18.1. The van der Waals surface area contributed by atoms with Gasteiger partial charge in [0.25, 0.3) is 0 Å². The van der Waals surface area contributed by atoms with Crippen LogP contribution >= 0.6 is 35.3 Å². The highest BCUT2D eigenvalue weighted by Crippen LogP contribution is 2.19. The fourth-order valence-electron chi connectivity index (χ4n) is 2.59. The third kappa shape index (κ3) is 4.00. The third-order valence-corrected chi connectivity index (χ3v) is 5.11. The maximum Gasteiger partial charge on any atom is 0.209 e. The van der Waals surface area contributed by atoms with E-state index >= 15 is 0 Å². The zero-order valence-electron chi connectivity index (χ0n) is 13.5. The molecule has 8 heteroatoms. The van der Waals surface area contributed by atoms with Crippen molar-refractivity contribution in [1.82, 2.24) is 4.68 Å². The van der Waals surface area contributed by atoms with E-state index in [0.717, 1.165) is 34.1 Å². The monoisotopic (exact) mass is 387 g/mol. The summed E-state index contributed by atoms with van der Waals surface area (Å²) < 4.78 is 7.46. The van der Waals surface area contributed by atoms with Crippen molar-refractivity contribution in [3.8, 4) is 0 Å². The lowest BCUT2D eigenvalue weighted by molar-refractivity contribution is 0.101. The van der Waals surface area contributed by atoms with Crippen LogP contribution in [0.15, 0.2) is 29.3 Å². The highest BCUT2D eigenvalue weighted by atomic mass is 35.5. The summed E-state index contributed by atoms with van der Waals surface area (Å²) in [7, 11) is 0. The zero-order valence-corrected chi connectivity index (χ0v) is 15.9. The number of ketones is 1. The molecule has 1 aromatic carbocycles. The minimum Gasteiger partial charge on any atom is -0.378 e. The van der Waals surface area contributed by atoms with Crippen LogP contribution in [-0.4, -0.2) is 36.8 Å². The second-order valence-electron chi connectivity index (χ2n) is 5.32. The summed E-state index contributed by atoms with van der Waals surface area (Å²) in [5, 5.41) is 2.81. The minimum atomic E-state index is 0. The molecule has 0 radical (unpaired) electrons. The van der Waals surface area contributed by atoms with E-state index in [-0.39, 0.29) is 18.2 Å². The smallest absolute Gasteiger partial charge is 0.209 e. The summed E-state index contributed by atoms with van der Waals surface area (Å²) in [6.45, 7) is 6.45. The van der Waals surface area contributed by atoms with Gasteiger partial charge in [0, 0.05) is 11.9 Å². The zero-order chi connectivity index (χ0) is 16.4. The van der Waals surface area contributed by atoms with Gasteiger partial charge in [-0.1, -0.05) is 29.0 Å². The van der Waals surface area contributed by atoms with Gasteiger partial charge in [-0.05, 0) is 25.1 Å². The Bertz CT molecular complexity index is 795. The molecule has 0 bridgehead atoms. The lowest BCUT2D eigenvalue weighted by atomic mass is 10.3. The van der Waals surface area contributed by atoms with Crippen LogP contribution < -0.4 is 9.81 Å².